The maximum absolute atomic E-state index is 12.9. The summed E-state index contributed by atoms with van der Waals surface area (Å²) >= 11 is 0. The highest BCUT2D eigenvalue weighted by Gasteiger charge is 2.28. The number of pyridine rings is 1. The van der Waals surface area contributed by atoms with Crippen molar-refractivity contribution in [1.29, 1.82) is 0 Å². The molecule has 10 heteroatoms. The number of aromatic nitrogens is 1. The molecule has 9 nitrogen and oxygen atoms in total. The maximum Gasteiger partial charge on any atom is 0.259 e. The van der Waals surface area contributed by atoms with Gasteiger partial charge in [0.1, 0.15) is 5.75 Å². The molecule has 0 aliphatic carbocycles. The Bertz CT molecular complexity index is 940. The van der Waals surface area contributed by atoms with Gasteiger partial charge in [0.05, 0.1) is 49.8 Å². The van der Waals surface area contributed by atoms with E-state index in [4.69, 9.17) is 14.2 Å². The monoisotopic (exact) mass is 407 g/mol. The third-order valence-electron chi connectivity index (χ3n) is 4.23. The van der Waals surface area contributed by atoms with Gasteiger partial charge in [-0.05, 0) is 24.3 Å². The SMILES string of the molecule is COc1ccc(NC(=O)c2cc(S(=O)(=O)N3CCOCC3)ccc2OC)cn1. The molecule has 28 heavy (non-hydrogen) atoms. The van der Waals surface area contributed by atoms with E-state index in [1.165, 1.54) is 42.9 Å². The number of amides is 1. The Kier molecular flexibility index (Phi) is 6.12. The van der Waals surface area contributed by atoms with Gasteiger partial charge < -0.3 is 19.5 Å². The van der Waals surface area contributed by atoms with Crippen molar-refractivity contribution >= 4 is 21.6 Å². The van der Waals surface area contributed by atoms with Gasteiger partial charge in [0.2, 0.25) is 15.9 Å². The second-order valence-corrected chi connectivity index (χ2v) is 7.86. The summed E-state index contributed by atoms with van der Waals surface area (Å²) in [6, 6.07) is 7.44. The van der Waals surface area contributed by atoms with Crippen LogP contribution in [0.25, 0.3) is 0 Å². The van der Waals surface area contributed by atoms with Gasteiger partial charge in [-0.1, -0.05) is 0 Å². The third kappa shape index (κ3) is 4.24. The second kappa shape index (κ2) is 8.55. The molecule has 0 spiro atoms. The van der Waals surface area contributed by atoms with E-state index in [0.29, 0.717) is 24.8 Å². The number of rotatable bonds is 6. The maximum atomic E-state index is 12.9. The fourth-order valence-electron chi connectivity index (χ4n) is 2.73. The molecule has 0 unspecified atom stereocenters. The first kappa shape index (κ1) is 20.1. The molecule has 0 radical (unpaired) electrons. The molecule has 2 aromatic rings. The predicted molar refractivity (Wildman–Crippen MR) is 101 cm³/mol. The number of benzene rings is 1. The van der Waals surface area contributed by atoms with Gasteiger partial charge in [-0.15, -0.1) is 0 Å². The van der Waals surface area contributed by atoms with E-state index in [0.717, 1.165) is 0 Å². The molecule has 1 amide bonds. The Hall–Kier alpha value is -2.69. The molecule has 1 fully saturated rings. The average molecular weight is 407 g/mol. The summed E-state index contributed by atoms with van der Waals surface area (Å²) in [5.41, 5.74) is 0.543. The van der Waals surface area contributed by atoms with Gasteiger partial charge in [-0.2, -0.15) is 4.31 Å². The summed E-state index contributed by atoms with van der Waals surface area (Å²) in [5.74, 6) is 0.164. The zero-order valence-corrected chi connectivity index (χ0v) is 16.4. The van der Waals surface area contributed by atoms with E-state index in [1.54, 1.807) is 12.1 Å². The van der Waals surface area contributed by atoms with Gasteiger partial charge in [0, 0.05) is 19.2 Å². The zero-order valence-electron chi connectivity index (χ0n) is 15.5. The molecule has 1 saturated heterocycles. The average Bonchev–Trinajstić information content (AvgIpc) is 2.74. The van der Waals surface area contributed by atoms with Gasteiger partial charge in [0.25, 0.3) is 5.91 Å². The number of sulfonamides is 1. The number of nitrogens with zero attached hydrogens (tertiary/aromatic N) is 2. The van der Waals surface area contributed by atoms with Crippen LogP contribution in [-0.2, 0) is 14.8 Å². The molecule has 1 aliphatic rings. The van der Waals surface area contributed by atoms with E-state index < -0.39 is 15.9 Å². The molecule has 3 rings (SSSR count). The number of morpholine rings is 1. The summed E-state index contributed by atoms with van der Waals surface area (Å²) in [4.78, 5) is 16.8. The number of methoxy groups -OCH3 is 2. The lowest BCUT2D eigenvalue weighted by molar-refractivity contribution is 0.0730. The molecule has 0 bridgehead atoms. The van der Waals surface area contributed by atoms with Crippen molar-refractivity contribution in [3.8, 4) is 11.6 Å². The van der Waals surface area contributed by atoms with Crippen molar-refractivity contribution < 1.29 is 27.4 Å². The lowest BCUT2D eigenvalue weighted by Crippen LogP contribution is -2.40. The highest BCUT2D eigenvalue weighted by Crippen LogP contribution is 2.26. The summed E-state index contributed by atoms with van der Waals surface area (Å²) in [5, 5.41) is 2.68. The summed E-state index contributed by atoms with van der Waals surface area (Å²) < 4.78 is 42.5. The Morgan fingerprint density at radius 1 is 1.14 bits per heavy atom. The first-order chi connectivity index (χ1) is 13.5. The molecule has 150 valence electrons. The number of carbonyl (C=O) groups is 1. The Morgan fingerprint density at radius 2 is 1.89 bits per heavy atom. The van der Waals surface area contributed by atoms with E-state index in [9.17, 15) is 13.2 Å². The van der Waals surface area contributed by atoms with Crippen molar-refractivity contribution in [3.63, 3.8) is 0 Å². The normalized spacial score (nSPS) is 15.1. The van der Waals surface area contributed by atoms with Crippen LogP contribution in [0.3, 0.4) is 0 Å². The number of hydrogen-bond acceptors (Lipinski definition) is 7. The van der Waals surface area contributed by atoms with Crippen LogP contribution in [0.1, 0.15) is 10.4 Å². The van der Waals surface area contributed by atoms with Gasteiger partial charge >= 0.3 is 0 Å². The summed E-state index contributed by atoms with van der Waals surface area (Å²) in [7, 11) is -0.830. The standard InChI is InChI=1S/C18H21N3O6S/c1-25-16-5-4-14(28(23,24)21-7-9-27-10-8-21)11-15(16)18(22)20-13-3-6-17(26-2)19-12-13/h3-6,11-12H,7-10H2,1-2H3,(H,20,22). The molecule has 1 aromatic carbocycles. The quantitative estimate of drug-likeness (QED) is 0.771. The topological polar surface area (TPSA) is 107 Å². The van der Waals surface area contributed by atoms with Crippen LogP contribution in [0, 0.1) is 0 Å². The molecule has 1 N–H and O–H groups in total. The third-order valence-corrected chi connectivity index (χ3v) is 6.12. The number of anilines is 1. The van der Waals surface area contributed by atoms with Crippen LogP contribution in [-0.4, -0.2) is 64.1 Å². The van der Waals surface area contributed by atoms with Crippen LogP contribution in [0.4, 0.5) is 5.69 Å². The van der Waals surface area contributed by atoms with Crippen molar-refractivity contribution in [2.45, 2.75) is 4.90 Å². The molecule has 2 heterocycles. The highest BCUT2D eigenvalue weighted by molar-refractivity contribution is 7.89. The fraction of sp³-hybridized carbons (Fsp3) is 0.333. The first-order valence-electron chi connectivity index (χ1n) is 8.53. The zero-order chi connectivity index (χ0) is 20.1. The van der Waals surface area contributed by atoms with E-state index in [-0.39, 0.29) is 29.3 Å². The van der Waals surface area contributed by atoms with Crippen molar-refractivity contribution in [1.82, 2.24) is 9.29 Å². The molecule has 1 aromatic heterocycles. The second-order valence-electron chi connectivity index (χ2n) is 5.92. The van der Waals surface area contributed by atoms with Gasteiger partial charge in [-0.3, -0.25) is 4.79 Å². The molecule has 1 aliphatic heterocycles. The summed E-state index contributed by atoms with van der Waals surface area (Å²) in [6.45, 7) is 1.22. The van der Waals surface area contributed by atoms with Crippen LogP contribution in [0.15, 0.2) is 41.4 Å². The minimum Gasteiger partial charge on any atom is -0.496 e. The number of carbonyl (C=O) groups excluding carboxylic acids is 1. The largest absolute Gasteiger partial charge is 0.496 e. The van der Waals surface area contributed by atoms with Crippen LogP contribution in [0.5, 0.6) is 11.6 Å². The Morgan fingerprint density at radius 3 is 2.50 bits per heavy atom. The smallest absolute Gasteiger partial charge is 0.259 e. The minimum atomic E-state index is -3.74. The first-order valence-corrected chi connectivity index (χ1v) is 9.97. The van der Waals surface area contributed by atoms with Gasteiger partial charge in [0.15, 0.2) is 0 Å². The molecule has 0 atom stereocenters. The summed E-state index contributed by atoms with van der Waals surface area (Å²) in [6.07, 6.45) is 1.44. The molecular formula is C18H21N3O6S. The Labute approximate surface area is 163 Å². The highest BCUT2D eigenvalue weighted by atomic mass is 32.2. The fourth-order valence-corrected chi connectivity index (χ4v) is 4.17. The van der Waals surface area contributed by atoms with Crippen LogP contribution < -0.4 is 14.8 Å². The van der Waals surface area contributed by atoms with Crippen molar-refractivity contribution in [3.05, 3.63) is 42.1 Å². The minimum absolute atomic E-state index is 0.0215. The van der Waals surface area contributed by atoms with Gasteiger partial charge in [-0.25, -0.2) is 13.4 Å². The lowest BCUT2D eigenvalue weighted by Gasteiger charge is -2.26. The lowest BCUT2D eigenvalue weighted by atomic mass is 10.2. The van der Waals surface area contributed by atoms with E-state index in [2.05, 4.69) is 10.3 Å². The van der Waals surface area contributed by atoms with Crippen LogP contribution in [0.2, 0.25) is 0 Å². The Balaban J connectivity index is 1.88. The molecular weight excluding hydrogens is 386 g/mol. The van der Waals surface area contributed by atoms with E-state index >= 15 is 0 Å². The molecule has 0 saturated carbocycles. The van der Waals surface area contributed by atoms with Crippen molar-refractivity contribution in [2.24, 2.45) is 0 Å². The number of hydrogen-bond donors (Lipinski definition) is 1. The van der Waals surface area contributed by atoms with Crippen molar-refractivity contribution in [2.75, 3.05) is 45.8 Å². The number of ether oxygens (including phenoxy) is 3. The number of nitrogens with one attached hydrogen (secondary N) is 1. The predicted octanol–water partition coefficient (Wildman–Crippen LogP) is 1.37. The van der Waals surface area contributed by atoms with E-state index in [1.807, 2.05) is 0 Å². The van der Waals surface area contributed by atoms with Crippen LogP contribution >= 0.6 is 0 Å².